The molecule has 25 heavy (non-hydrogen) atoms. The van der Waals surface area contributed by atoms with Gasteiger partial charge in [-0.3, -0.25) is 9.59 Å². The third-order valence-electron chi connectivity index (χ3n) is 5.80. The molecule has 136 valence electrons. The lowest BCUT2D eigenvalue weighted by molar-refractivity contribution is -0.137. The molecule has 1 aromatic carbocycles. The van der Waals surface area contributed by atoms with Crippen molar-refractivity contribution in [1.29, 1.82) is 0 Å². The van der Waals surface area contributed by atoms with Gasteiger partial charge < -0.3 is 9.80 Å². The molecule has 2 heterocycles. The van der Waals surface area contributed by atoms with E-state index in [9.17, 15) is 9.59 Å². The Morgan fingerprint density at radius 2 is 1.60 bits per heavy atom. The van der Waals surface area contributed by atoms with Crippen LogP contribution in [-0.2, 0) is 15.0 Å². The lowest BCUT2D eigenvalue weighted by Crippen LogP contribution is -2.44. The summed E-state index contributed by atoms with van der Waals surface area (Å²) in [5.74, 6) is 0.365. The predicted molar refractivity (Wildman–Crippen MR) is 99.3 cm³/mol. The highest BCUT2D eigenvalue weighted by Gasteiger charge is 2.39. The summed E-state index contributed by atoms with van der Waals surface area (Å²) < 4.78 is 0. The van der Waals surface area contributed by atoms with Gasteiger partial charge in [0.05, 0.1) is 11.3 Å². The van der Waals surface area contributed by atoms with Gasteiger partial charge >= 0.3 is 0 Å². The van der Waals surface area contributed by atoms with E-state index in [2.05, 4.69) is 19.1 Å². The maximum atomic E-state index is 13.1. The molecule has 0 unspecified atom stereocenters. The molecule has 2 amide bonds. The molecular formula is C21H30N2O2. The van der Waals surface area contributed by atoms with Crippen molar-refractivity contribution in [3.63, 3.8) is 0 Å². The molecule has 2 aliphatic rings. The van der Waals surface area contributed by atoms with Crippen LogP contribution in [0.3, 0.4) is 0 Å². The lowest BCUT2D eigenvalue weighted by Gasteiger charge is -2.31. The number of amides is 2. The van der Waals surface area contributed by atoms with Gasteiger partial charge in [-0.25, -0.2) is 0 Å². The van der Waals surface area contributed by atoms with Gasteiger partial charge in [0.2, 0.25) is 11.8 Å². The second-order valence-electron chi connectivity index (χ2n) is 8.11. The Labute approximate surface area is 151 Å². The number of hydrogen-bond acceptors (Lipinski definition) is 2. The van der Waals surface area contributed by atoms with Gasteiger partial charge in [0.1, 0.15) is 0 Å². The van der Waals surface area contributed by atoms with Crippen LogP contribution in [0.5, 0.6) is 0 Å². The van der Waals surface area contributed by atoms with Crippen molar-refractivity contribution in [3.8, 4) is 0 Å². The van der Waals surface area contributed by atoms with Crippen LogP contribution >= 0.6 is 0 Å². The summed E-state index contributed by atoms with van der Waals surface area (Å²) in [4.78, 5) is 29.7. The molecule has 0 aromatic heterocycles. The van der Waals surface area contributed by atoms with Gasteiger partial charge in [0, 0.05) is 26.2 Å². The Balaban J connectivity index is 1.65. The van der Waals surface area contributed by atoms with E-state index >= 15 is 0 Å². The van der Waals surface area contributed by atoms with E-state index < -0.39 is 5.41 Å². The molecule has 1 atom stereocenters. The van der Waals surface area contributed by atoms with Crippen LogP contribution < -0.4 is 0 Å². The zero-order chi connectivity index (χ0) is 18.0. The summed E-state index contributed by atoms with van der Waals surface area (Å²) >= 11 is 0. The first kappa shape index (κ1) is 18.0. The van der Waals surface area contributed by atoms with Gasteiger partial charge in [-0.15, -0.1) is 0 Å². The Morgan fingerprint density at radius 1 is 0.960 bits per heavy atom. The minimum atomic E-state index is -0.559. The number of hydrogen-bond donors (Lipinski definition) is 0. The molecule has 4 heteroatoms. The van der Waals surface area contributed by atoms with E-state index in [1.807, 2.05) is 35.8 Å². The van der Waals surface area contributed by atoms with Crippen LogP contribution in [0.1, 0.15) is 50.7 Å². The number of rotatable bonds is 3. The number of likely N-dealkylation sites (tertiary alicyclic amines) is 2. The highest BCUT2D eigenvalue weighted by molar-refractivity contribution is 5.89. The largest absolute Gasteiger partial charge is 0.342 e. The molecule has 2 aliphatic heterocycles. The number of carbonyl (C=O) groups is 2. The molecule has 0 spiro atoms. The third-order valence-corrected chi connectivity index (χ3v) is 5.80. The van der Waals surface area contributed by atoms with Crippen molar-refractivity contribution in [1.82, 2.24) is 9.80 Å². The minimum absolute atomic E-state index is 0.0177. The van der Waals surface area contributed by atoms with E-state index in [-0.39, 0.29) is 17.7 Å². The number of aryl methyl sites for hydroxylation is 1. The van der Waals surface area contributed by atoms with Gasteiger partial charge in [0.25, 0.3) is 0 Å². The second kappa shape index (κ2) is 7.19. The summed E-state index contributed by atoms with van der Waals surface area (Å²) in [6.07, 6.45) is 4.25. The Bertz CT molecular complexity index is 630. The van der Waals surface area contributed by atoms with Crippen molar-refractivity contribution >= 4 is 11.8 Å². The van der Waals surface area contributed by atoms with E-state index in [0.29, 0.717) is 13.1 Å². The fraction of sp³-hybridized carbons (Fsp3) is 0.619. The van der Waals surface area contributed by atoms with Crippen LogP contribution in [0.25, 0.3) is 0 Å². The molecule has 0 radical (unpaired) electrons. The number of benzene rings is 1. The fourth-order valence-corrected chi connectivity index (χ4v) is 4.01. The van der Waals surface area contributed by atoms with Crippen LogP contribution in [-0.4, -0.2) is 47.8 Å². The van der Waals surface area contributed by atoms with Crippen molar-refractivity contribution in [3.05, 3.63) is 35.4 Å². The lowest BCUT2D eigenvalue weighted by atomic mass is 9.83. The SMILES string of the molecule is Cc1ccc(C(C)(C)C(=O)N2CC[C@H](C(=O)N3CCCCC3)C2)cc1. The van der Waals surface area contributed by atoms with Crippen molar-refractivity contribution < 1.29 is 9.59 Å². The van der Waals surface area contributed by atoms with E-state index in [1.165, 1.54) is 12.0 Å². The molecular weight excluding hydrogens is 312 g/mol. The van der Waals surface area contributed by atoms with Crippen molar-refractivity contribution in [2.75, 3.05) is 26.2 Å². The second-order valence-corrected chi connectivity index (χ2v) is 8.11. The summed E-state index contributed by atoms with van der Waals surface area (Å²) in [5, 5.41) is 0. The maximum absolute atomic E-state index is 13.1. The van der Waals surface area contributed by atoms with Crippen LogP contribution in [0.2, 0.25) is 0 Å². The quantitative estimate of drug-likeness (QED) is 0.847. The summed E-state index contributed by atoms with van der Waals surface area (Å²) in [6, 6.07) is 8.19. The first-order valence-electron chi connectivity index (χ1n) is 9.55. The van der Waals surface area contributed by atoms with Gasteiger partial charge in [0.15, 0.2) is 0 Å². The normalized spacial score (nSPS) is 21.5. The molecule has 1 aromatic rings. The zero-order valence-electron chi connectivity index (χ0n) is 15.8. The van der Waals surface area contributed by atoms with E-state index in [0.717, 1.165) is 37.9 Å². The van der Waals surface area contributed by atoms with E-state index in [4.69, 9.17) is 0 Å². The Kier molecular flexibility index (Phi) is 5.16. The maximum Gasteiger partial charge on any atom is 0.232 e. The summed E-state index contributed by atoms with van der Waals surface area (Å²) in [7, 11) is 0. The van der Waals surface area contributed by atoms with Crippen LogP contribution in [0, 0.1) is 12.8 Å². The first-order chi connectivity index (χ1) is 11.9. The molecule has 0 aliphatic carbocycles. The molecule has 0 saturated carbocycles. The first-order valence-corrected chi connectivity index (χ1v) is 9.55. The third kappa shape index (κ3) is 3.73. The predicted octanol–water partition coefficient (Wildman–Crippen LogP) is 3.13. The molecule has 2 fully saturated rings. The van der Waals surface area contributed by atoms with Crippen molar-refractivity contribution in [2.24, 2.45) is 5.92 Å². The molecule has 2 saturated heterocycles. The van der Waals surface area contributed by atoms with E-state index in [1.54, 1.807) is 0 Å². The number of nitrogens with zero attached hydrogens (tertiary/aromatic N) is 2. The zero-order valence-corrected chi connectivity index (χ0v) is 15.8. The highest BCUT2D eigenvalue weighted by atomic mass is 16.2. The molecule has 3 rings (SSSR count). The summed E-state index contributed by atoms with van der Waals surface area (Å²) in [6.45, 7) is 9.06. The number of piperidine rings is 1. The smallest absolute Gasteiger partial charge is 0.232 e. The molecule has 0 N–H and O–H groups in total. The standard InChI is InChI=1S/C21H30N2O2/c1-16-7-9-18(10-8-16)21(2,3)20(25)23-14-11-17(15-23)19(24)22-12-5-4-6-13-22/h7-10,17H,4-6,11-15H2,1-3H3/t17-/m0/s1. The van der Waals surface area contributed by atoms with Gasteiger partial charge in [-0.2, -0.15) is 0 Å². The molecule has 0 bridgehead atoms. The average Bonchev–Trinajstić information content (AvgIpc) is 3.11. The van der Waals surface area contributed by atoms with Crippen LogP contribution in [0.15, 0.2) is 24.3 Å². The van der Waals surface area contributed by atoms with Gasteiger partial charge in [-0.1, -0.05) is 29.8 Å². The Hall–Kier alpha value is -1.84. The summed E-state index contributed by atoms with van der Waals surface area (Å²) in [5.41, 5.74) is 1.67. The average molecular weight is 342 g/mol. The Morgan fingerprint density at radius 3 is 2.24 bits per heavy atom. The monoisotopic (exact) mass is 342 g/mol. The van der Waals surface area contributed by atoms with Crippen molar-refractivity contribution in [2.45, 2.75) is 51.9 Å². The van der Waals surface area contributed by atoms with Crippen LogP contribution in [0.4, 0.5) is 0 Å². The molecule has 4 nitrogen and oxygen atoms in total. The topological polar surface area (TPSA) is 40.6 Å². The number of carbonyl (C=O) groups excluding carboxylic acids is 2. The fourth-order valence-electron chi connectivity index (χ4n) is 4.01. The highest BCUT2D eigenvalue weighted by Crippen LogP contribution is 2.30. The minimum Gasteiger partial charge on any atom is -0.342 e. The van der Waals surface area contributed by atoms with Gasteiger partial charge in [-0.05, 0) is 52.0 Å².